The van der Waals surface area contributed by atoms with Gasteiger partial charge in [-0.1, -0.05) is 34.5 Å². The third kappa shape index (κ3) is 3.45. The highest BCUT2D eigenvalue weighted by atomic mass is 35.5. The Labute approximate surface area is 153 Å². The minimum atomic E-state index is -0.190. The standard InChI is InChI=1S/C16H14Cl2N4OS/c1-10-15(16(23)21(2)9-13-6-7-14(18)24-13)19-20-22(10)12-5-3-4-11(17)8-12/h3-8H,9H2,1-2H3. The summed E-state index contributed by atoms with van der Waals surface area (Å²) in [5, 5.41) is 8.73. The molecule has 24 heavy (non-hydrogen) atoms. The fraction of sp³-hybridized carbons (Fsp3) is 0.188. The van der Waals surface area contributed by atoms with Crippen LogP contribution in [0.4, 0.5) is 0 Å². The van der Waals surface area contributed by atoms with Crippen LogP contribution in [0.1, 0.15) is 21.1 Å². The topological polar surface area (TPSA) is 51.0 Å². The number of halogens is 2. The zero-order chi connectivity index (χ0) is 17.3. The predicted molar refractivity (Wildman–Crippen MR) is 96.2 cm³/mol. The quantitative estimate of drug-likeness (QED) is 0.680. The molecule has 0 aliphatic heterocycles. The van der Waals surface area contributed by atoms with Crippen molar-refractivity contribution in [3.05, 3.63) is 62.0 Å². The smallest absolute Gasteiger partial charge is 0.276 e. The molecular weight excluding hydrogens is 367 g/mol. The van der Waals surface area contributed by atoms with Gasteiger partial charge in [0.25, 0.3) is 5.91 Å². The molecule has 0 spiro atoms. The average Bonchev–Trinajstić information content (AvgIpc) is 3.12. The second-order valence-corrected chi connectivity index (χ2v) is 7.52. The summed E-state index contributed by atoms with van der Waals surface area (Å²) < 4.78 is 2.31. The van der Waals surface area contributed by atoms with Crippen LogP contribution in [-0.2, 0) is 6.54 Å². The Bertz CT molecular complexity index is 890. The van der Waals surface area contributed by atoms with Gasteiger partial charge in [0.05, 0.1) is 22.3 Å². The summed E-state index contributed by atoms with van der Waals surface area (Å²) in [7, 11) is 1.73. The number of aromatic nitrogens is 3. The Morgan fingerprint density at radius 1 is 1.29 bits per heavy atom. The lowest BCUT2D eigenvalue weighted by atomic mass is 10.2. The van der Waals surface area contributed by atoms with Crippen LogP contribution < -0.4 is 0 Å². The van der Waals surface area contributed by atoms with Crippen LogP contribution >= 0.6 is 34.5 Å². The van der Waals surface area contributed by atoms with Crippen LogP contribution in [0.5, 0.6) is 0 Å². The van der Waals surface area contributed by atoms with Gasteiger partial charge in [-0.25, -0.2) is 4.68 Å². The summed E-state index contributed by atoms with van der Waals surface area (Å²) in [5.74, 6) is -0.190. The first kappa shape index (κ1) is 17.0. The van der Waals surface area contributed by atoms with Crippen molar-refractivity contribution in [1.29, 1.82) is 0 Å². The van der Waals surface area contributed by atoms with Crippen LogP contribution in [0.25, 0.3) is 5.69 Å². The molecule has 5 nitrogen and oxygen atoms in total. The molecule has 0 atom stereocenters. The van der Waals surface area contributed by atoms with Crippen molar-refractivity contribution in [1.82, 2.24) is 19.9 Å². The highest BCUT2D eigenvalue weighted by Gasteiger charge is 2.21. The summed E-state index contributed by atoms with van der Waals surface area (Å²) in [6.45, 7) is 2.28. The van der Waals surface area contributed by atoms with Gasteiger partial charge in [0.2, 0.25) is 0 Å². The van der Waals surface area contributed by atoms with Gasteiger partial charge >= 0.3 is 0 Å². The van der Waals surface area contributed by atoms with Crippen LogP contribution in [0.2, 0.25) is 9.36 Å². The van der Waals surface area contributed by atoms with Crippen LogP contribution in [0.3, 0.4) is 0 Å². The third-order valence-electron chi connectivity index (χ3n) is 3.52. The molecule has 0 N–H and O–H groups in total. The molecule has 0 aliphatic rings. The fourth-order valence-corrected chi connectivity index (χ4v) is 3.63. The molecule has 2 heterocycles. The predicted octanol–water partition coefficient (Wildman–Crippen LogP) is 4.22. The van der Waals surface area contributed by atoms with Gasteiger partial charge in [0.1, 0.15) is 0 Å². The van der Waals surface area contributed by atoms with E-state index in [4.69, 9.17) is 23.2 Å². The van der Waals surface area contributed by atoms with E-state index < -0.39 is 0 Å². The number of hydrogen-bond acceptors (Lipinski definition) is 4. The number of thiophene rings is 1. The number of amides is 1. The Morgan fingerprint density at radius 2 is 2.08 bits per heavy atom. The van der Waals surface area contributed by atoms with Crippen molar-refractivity contribution < 1.29 is 4.79 Å². The Balaban J connectivity index is 1.83. The first-order chi connectivity index (χ1) is 11.5. The lowest BCUT2D eigenvalue weighted by Gasteiger charge is -2.15. The van der Waals surface area contributed by atoms with E-state index in [0.29, 0.717) is 27.3 Å². The van der Waals surface area contributed by atoms with Crippen LogP contribution in [0, 0.1) is 6.92 Å². The van der Waals surface area contributed by atoms with Gasteiger partial charge < -0.3 is 4.90 Å². The lowest BCUT2D eigenvalue weighted by Crippen LogP contribution is -2.26. The number of rotatable bonds is 4. The maximum atomic E-state index is 12.6. The van der Waals surface area contributed by atoms with Crippen molar-refractivity contribution in [2.24, 2.45) is 0 Å². The van der Waals surface area contributed by atoms with E-state index in [1.54, 1.807) is 28.8 Å². The molecule has 0 saturated carbocycles. The van der Waals surface area contributed by atoms with Crippen LogP contribution in [0.15, 0.2) is 36.4 Å². The summed E-state index contributed by atoms with van der Waals surface area (Å²) in [6, 6.07) is 11.0. The minimum absolute atomic E-state index is 0.190. The number of benzene rings is 1. The van der Waals surface area contributed by atoms with Gasteiger partial charge in [0.15, 0.2) is 5.69 Å². The van der Waals surface area contributed by atoms with Crippen LogP contribution in [-0.4, -0.2) is 32.8 Å². The van der Waals surface area contributed by atoms with Crippen molar-refractivity contribution in [3.8, 4) is 5.69 Å². The number of hydrogen-bond donors (Lipinski definition) is 0. The average molecular weight is 381 g/mol. The molecule has 0 radical (unpaired) electrons. The Morgan fingerprint density at radius 3 is 2.75 bits per heavy atom. The number of carbonyl (C=O) groups is 1. The van der Waals surface area contributed by atoms with E-state index in [0.717, 1.165) is 10.6 Å². The van der Waals surface area contributed by atoms with Gasteiger partial charge in [0, 0.05) is 16.9 Å². The normalized spacial score (nSPS) is 10.8. The summed E-state index contributed by atoms with van der Waals surface area (Å²) in [6.07, 6.45) is 0. The second kappa shape index (κ2) is 6.93. The molecule has 0 fully saturated rings. The molecule has 3 aromatic rings. The largest absolute Gasteiger partial charge is 0.335 e. The van der Waals surface area contributed by atoms with E-state index >= 15 is 0 Å². The summed E-state index contributed by atoms with van der Waals surface area (Å²) >= 11 is 13.4. The maximum Gasteiger partial charge on any atom is 0.276 e. The molecule has 1 amide bonds. The van der Waals surface area contributed by atoms with E-state index in [2.05, 4.69) is 10.3 Å². The van der Waals surface area contributed by atoms with E-state index in [1.165, 1.54) is 11.3 Å². The molecule has 3 rings (SSSR count). The molecule has 0 bridgehead atoms. The zero-order valence-electron chi connectivity index (χ0n) is 13.0. The summed E-state index contributed by atoms with van der Waals surface area (Å²) in [5.41, 5.74) is 1.75. The fourth-order valence-electron chi connectivity index (χ4n) is 2.30. The van der Waals surface area contributed by atoms with Gasteiger partial charge in [-0.15, -0.1) is 16.4 Å². The Kier molecular flexibility index (Phi) is 4.89. The molecule has 0 aliphatic carbocycles. The summed E-state index contributed by atoms with van der Waals surface area (Å²) in [4.78, 5) is 15.3. The zero-order valence-corrected chi connectivity index (χ0v) is 15.4. The minimum Gasteiger partial charge on any atom is -0.335 e. The van der Waals surface area contributed by atoms with Gasteiger partial charge in [-0.3, -0.25) is 4.79 Å². The Hall–Kier alpha value is -1.89. The SMILES string of the molecule is Cc1c(C(=O)N(C)Cc2ccc(Cl)s2)nnn1-c1cccc(Cl)c1. The lowest BCUT2D eigenvalue weighted by molar-refractivity contribution is 0.0780. The van der Waals surface area contributed by atoms with E-state index in [1.807, 2.05) is 31.2 Å². The number of carbonyl (C=O) groups excluding carboxylic acids is 1. The van der Waals surface area contributed by atoms with Gasteiger partial charge in [-0.05, 0) is 37.3 Å². The highest BCUT2D eigenvalue weighted by Crippen LogP contribution is 2.23. The molecule has 2 aromatic heterocycles. The van der Waals surface area contributed by atoms with Crippen molar-refractivity contribution in [2.45, 2.75) is 13.5 Å². The van der Waals surface area contributed by atoms with Crippen molar-refractivity contribution >= 4 is 40.4 Å². The molecule has 8 heteroatoms. The maximum absolute atomic E-state index is 12.6. The molecule has 124 valence electrons. The third-order valence-corrected chi connectivity index (χ3v) is 4.97. The first-order valence-corrected chi connectivity index (χ1v) is 8.71. The van der Waals surface area contributed by atoms with Crippen molar-refractivity contribution in [2.75, 3.05) is 7.05 Å². The second-order valence-electron chi connectivity index (χ2n) is 5.28. The number of nitrogens with zero attached hydrogens (tertiary/aromatic N) is 4. The molecule has 0 unspecified atom stereocenters. The molecule has 1 aromatic carbocycles. The van der Waals surface area contributed by atoms with E-state index in [-0.39, 0.29) is 5.91 Å². The first-order valence-electron chi connectivity index (χ1n) is 7.13. The van der Waals surface area contributed by atoms with E-state index in [9.17, 15) is 4.79 Å². The molecule has 0 saturated heterocycles. The monoisotopic (exact) mass is 380 g/mol. The van der Waals surface area contributed by atoms with Crippen molar-refractivity contribution in [3.63, 3.8) is 0 Å². The highest BCUT2D eigenvalue weighted by molar-refractivity contribution is 7.16. The van der Waals surface area contributed by atoms with Gasteiger partial charge in [-0.2, -0.15) is 0 Å². The molecular formula is C16H14Cl2N4OS.